The van der Waals surface area contributed by atoms with Crippen LogP contribution in [0.15, 0.2) is 65.3 Å². The lowest BCUT2D eigenvalue weighted by Crippen LogP contribution is -2.42. The lowest BCUT2D eigenvalue weighted by Gasteiger charge is -2.09. The molecule has 3 aromatic rings. The van der Waals surface area contributed by atoms with Crippen LogP contribution >= 0.6 is 15.9 Å². The summed E-state index contributed by atoms with van der Waals surface area (Å²) >= 11 is 3.31. The summed E-state index contributed by atoms with van der Waals surface area (Å²) in [6, 6.07) is 17.0. The van der Waals surface area contributed by atoms with Crippen molar-refractivity contribution in [2.75, 3.05) is 0 Å². The normalized spacial score (nSPS) is 10.5. The van der Waals surface area contributed by atoms with Crippen LogP contribution in [0, 0.1) is 0 Å². The SMILES string of the molecule is O=C(CCn1ccc2ccccc21)NNC(=O)c1ccccc1Br. The lowest BCUT2D eigenvalue weighted by atomic mass is 10.2. The number of nitrogens with one attached hydrogen (secondary N) is 2. The van der Waals surface area contributed by atoms with Crippen LogP contribution in [0.1, 0.15) is 16.8 Å². The van der Waals surface area contributed by atoms with Gasteiger partial charge in [-0.05, 0) is 45.6 Å². The summed E-state index contributed by atoms with van der Waals surface area (Å²) in [6.07, 6.45) is 2.23. The third-order valence-electron chi connectivity index (χ3n) is 3.69. The number of carbonyl (C=O) groups is 2. The zero-order valence-electron chi connectivity index (χ0n) is 12.8. The highest BCUT2D eigenvalue weighted by Gasteiger charge is 2.10. The molecule has 0 aliphatic rings. The van der Waals surface area contributed by atoms with Crippen molar-refractivity contribution in [3.8, 4) is 0 Å². The summed E-state index contributed by atoms with van der Waals surface area (Å²) in [7, 11) is 0. The predicted molar refractivity (Wildman–Crippen MR) is 96.3 cm³/mol. The van der Waals surface area contributed by atoms with Gasteiger partial charge in [-0.1, -0.05) is 30.3 Å². The van der Waals surface area contributed by atoms with Gasteiger partial charge in [0.05, 0.1) is 5.56 Å². The first kappa shape index (κ1) is 16.3. The molecule has 0 aliphatic carbocycles. The van der Waals surface area contributed by atoms with Crippen LogP contribution < -0.4 is 10.9 Å². The molecule has 5 nitrogen and oxygen atoms in total. The third kappa shape index (κ3) is 3.65. The number of aromatic nitrogens is 1. The van der Waals surface area contributed by atoms with E-state index in [0.29, 0.717) is 16.6 Å². The molecule has 0 saturated heterocycles. The van der Waals surface area contributed by atoms with Crippen molar-refractivity contribution < 1.29 is 9.59 Å². The highest BCUT2D eigenvalue weighted by atomic mass is 79.9. The van der Waals surface area contributed by atoms with Crippen LogP contribution in [0.5, 0.6) is 0 Å². The van der Waals surface area contributed by atoms with Crippen molar-refractivity contribution in [3.63, 3.8) is 0 Å². The molecule has 24 heavy (non-hydrogen) atoms. The average Bonchev–Trinajstić information content (AvgIpc) is 3.01. The number of rotatable bonds is 4. The van der Waals surface area contributed by atoms with Gasteiger partial charge in [-0.25, -0.2) is 0 Å². The Balaban J connectivity index is 1.53. The monoisotopic (exact) mass is 385 g/mol. The second-order valence-corrected chi connectivity index (χ2v) is 6.15. The van der Waals surface area contributed by atoms with E-state index in [4.69, 9.17) is 0 Å². The smallest absolute Gasteiger partial charge is 0.270 e. The van der Waals surface area contributed by atoms with Crippen LogP contribution in [0.25, 0.3) is 10.9 Å². The zero-order chi connectivity index (χ0) is 16.9. The van der Waals surface area contributed by atoms with Gasteiger partial charge in [0.1, 0.15) is 0 Å². The number of carbonyl (C=O) groups excluding carboxylic acids is 2. The van der Waals surface area contributed by atoms with E-state index in [1.807, 2.05) is 47.2 Å². The summed E-state index contributed by atoms with van der Waals surface area (Å²) in [5, 5.41) is 1.14. The zero-order valence-corrected chi connectivity index (χ0v) is 14.4. The van der Waals surface area contributed by atoms with Crippen LogP contribution in [-0.4, -0.2) is 16.4 Å². The molecule has 0 saturated carbocycles. The number of benzene rings is 2. The van der Waals surface area contributed by atoms with Crippen LogP contribution in [0.4, 0.5) is 0 Å². The van der Waals surface area contributed by atoms with Crippen molar-refractivity contribution in [1.82, 2.24) is 15.4 Å². The minimum atomic E-state index is -0.359. The quantitative estimate of drug-likeness (QED) is 0.677. The van der Waals surface area contributed by atoms with Crippen LogP contribution in [0.3, 0.4) is 0 Å². The molecule has 0 radical (unpaired) electrons. The van der Waals surface area contributed by atoms with E-state index < -0.39 is 0 Å². The molecule has 2 N–H and O–H groups in total. The van der Waals surface area contributed by atoms with Gasteiger partial charge in [0, 0.05) is 29.2 Å². The maximum absolute atomic E-state index is 12.0. The predicted octanol–water partition coefficient (Wildman–Crippen LogP) is 3.26. The Bertz CT molecular complexity index is 889. The van der Waals surface area contributed by atoms with Gasteiger partial charge in [0.15, 0.2) is 0 Å². The topological polar surface area (TPSA) is 63.1 Å². The minimum Gasteiger partial charge on any atom is -0.347 e. The number of hydrazine groups is 1. The van der Waals surface area contributed by atoms with E-state index in [1.54, 1.807) is 18.2 Å². The summed E-state index contributed by atoms with van der Waals surface area (Å²) in [5.41, 5.74) is 6.43. The summed E-state index contributed by atoms with van der Waals surface area (Å²) < 4.78 is 2.69. The van der Waals surface area contributed by atoms with Gasteiger partial charge in [-0.15, -0.1) is 0 Å². The molecular formula is C18H16BrN3O2. The number of para-hydroxylation sites is 1. The van der Waals surface area contributed by atoms with Gasteiger partial charge in [-0.2, -0.15) is 0 Å². The van der Waals surface area contributed by atoms with Crippen LogP contribution in [-0.2, 0) is 11.3 Å². The Hall–Kier alpha value is -2.60. The Kier molecular flexibility index (Phi) is 4.96. The van der Waals surface area contributed by atoms with E-state index in [0.717, 1.165) is 10.9 Å². The van der Waals surface area contributed by atoms with Gasteiger partial charge in [0.25, 0.3) is 5.91 Å². The fourth-order valence-corrected chi connectivity index (χ4v) is 2.92. The first-order chi connectivity index (χ1) is 11.6. The number of halogens is 1. The number of aryl methyl sites for hydroxylation is 1. The number of fused-ring (bicyclic) bond motifs is 1. The molecule has 0 fully saturated rings. The van der Waals surface area contributed by atoms with E-state index in [9.17, 15) is 9.59 Å². The van der Waals surface area contributed by atoms with Crippen molar-refractivity contribution in [2.45, 2.75) is 13.0 Å². The third-order valence-corrected chi connectivity index (χ3v) is 4.39. The van der Waals surface area contributed by atoms with Crippen molar-refractivity contribution in [1.29, 1.82) is 0 Å². The first-order valence-electron chi connectivity index (χ1n) is 7.53. The largest absolute Gasteiger partial charge is 0.347 e. The second kappa shape index (κ2) is 7.31. The van der Waals surface area contributed by atoms with E-state index in [-0.39, 0.29) is 18.2 Å². The van der Waals surface area contributed by atoms with Crippen molar-refractivity contribution in [2.24, 2.45) is 0 Å². The molecule has 3 rings (SSSR count). The maximum Gasteiger partial charge on any atom is 0.270 e. The number of nitrogens with zero attached hydrogens (tertiary/aromatic N) is 1. The molecule has 2 aromatic carbocycles. The molecule has 0 bridgehead atoms. The molecule has 122 valence electrons. The van der Waals surface area contributed by atoms with Crippen molar-refractivity contribution >= 4 is 38.6 Å². The van der Waals surface area contributed by atoms with Gasteiger partial charge < -0.3 is 4.57 Å². The van der Waals surface area contributed by atoms with E-state index in [2.05, 4.69) is 26.8 Å². The molecule has 1 aromatic heterocycles. The van der Waals surface area contributed by atoms with E-state index >= 15 is 0 Å². The highest BCUT2D eigenvalue weighted by molar-refractivity contribution is 9.10. The standard InChI is InChI=1S/C18H16BrN3O2/c19-15-7-3-2-6-14(15)18(24)21-20-17(23)10-12-22-11-9-13-5-1-4-8-16(13)22/h1-9,11H,10,12H2,(H,20,23)(H,21,24). The number of hydrogen-bond donors (Lipinski definition) is 2. The van der Waals surface area contributed by atoms with Crippen LogP contribution in [0.2, 0.25) is 0 Å². The van der Waals surface area contributed by atoms with Gasteiger partial charge in [-0.3, -0.25) is 20.4 Å². The van der Waals surface area contributed by atoms with Gasteiger partial charge in [0.2, 0.25) is 5.91 Å². The Morgan fingerprint density at radius 3 is 2.54 bits per heavy atom. The molecule has 2 amide bonds. The maximum atomic E-state index is 12.0. The number of amides is 2. The van der Waals surface area contributed by atoms with Gasteiger partial charge >= 0.3 is 0 Å². The highest BCUT2D eigenvalue weighted by Crippen LogP contribution is 2.16. The summed E-state index contributed by atoms with van der Waals surface area (Å²) in [6.45, 7) is 0.546. The second-order valence-electron chi connectivity index (χ2n) is 5.30. The summed E-state index contributed by atoms with van der Waals surface area (Å²) in [5.74, 6) is -0.601. The molecule has 0 spiro atoms. The van der Waals surface area contributed by atoms with Crippen molar-refractivity contribution in [3.05, 3.63) is 70.8 Å². The Morgan fingerprint density at radius 1 is 0.958 bits per heavy atom. The van der Waals surface area contributed by atoms with E-state index in [1.165, 1.54) is 0 Å². The molecule has 6 heteroatoms. The fraction of sp³-hybridized carbons (Fsp3) is 0.111. The fourth-order valence-electron chi connectivity index (χ4n) is 2.46. The minimum absolute atomic E-state index is 0.242. The number of hydrogen-bond acceptors (Lipinski definition) is 2. The molecular weight excluding hydrogens is 370 g/mol. The average molecular weight is 386 g/mol. The molecule has 1 heterocycles. The molecule has 0 unspecified atom stereocenters. The summed E-state index contributed by atoms with van der Waals surface area (Å²) in [4.78, 5) is 24.0. The first-order valence-corrected chi connectivity index (χ1v) is 8.32. The Labute approximate surface area is 147 Å². The molecule has 0 atom stereocenters. The molecule has 0 aliphatic heterocycles. The Morgan fingerprint density at radius 2 is 1.71 bits per heavy atom. The lowest BCUT2D eigenvalue weighted by molar-refractivity contribution is -0.122.